The average Bonchev–Trinajstić information content (AvgIpc) is 2.82. The Morgan fingerprint density at radius 3 is 2.73 bits per heavy atom. The van der Waals surface area contributed by atoms with E-state index in [4.69, 9.17) is 5.73 Å². The standard InChI is InChI=1S/C24H26FN7O/c1-3-22(33)28-18-6-4-5-16(13-18)23-20(26)14-27-24(30-23)29-17-7-9-19(10-8-17)32-12-11-31(2)21(25)15-32/h3-10,13-14,21H,1,11-12,15,26H2,2H3,(H,28,33)(H,27,29,30). The van der Waals surface area contributed by atoms with Crippen LogP contribution >= 0.6 is 0 Å². The summed E-state index contributed by atoms with van der Waals surface area (Å²) in [6.45, 7) is 5.27. The zero-order valence-corrected chi connectivity index (χ0v) is 18.3. The summed E-state index contributed by atoms with van der Waals surface area (Å²) in [4.78, 5) is 24.2. The molecule has 33 heavy (non-hydrogen) atoms. The third kappa shape index (κ3) is 5.27. The Labute approximate surface area is 191 Å². The first-order chi connectivity index (χ1) is 15.9. The van der Waals surface area contributed by atoms with Gasteiger partial charge < -0.3 is 21.3 Å². The van der Waals surface area contributed by atoms with E-state index in [1.807, 2.05) is 41.3 Å². The third-order valence-corrected chi connectivity index (χ3v) is 5.47. The first-order valence-corrected chi connectivity index (χ1v) is 10.6. The number of carbonyl (C=O) groups is 1. The van der Waals surface area contributed by atoms with E-state index in [1.165, 1.54) is 6.08 Å². The van der Waals surface area contributed by atoms with E-state index in [2.05, 4.69) is 27.2 Å². The fraction of sp³-hybridized carbons (Fsp3) is 0.208. The van der Waals surface area contributed by atoms with Gasteiger partial charge in [0.05, 0.1) is 24.1 Å². The van der Waals surface area contributed by atoms with Crippen molar-refractivity contribution in [2.24, 2.45) is 0 Å². The molecule has 1 aromatic heterocycles. The van der Waals surface area contributed by atoms with Crippen molar-refractivity contribution in [1.29, 1.82) is 0 Å². The predicted molar refractivity (Wildman–Crippen MR) is 130 cm³/mol. The molecule has 2 aromatic carbocycles. The number of benzene rings is 2. The first kappa shape index (κ1) is 22.2. The number of nitrogens with two attached hydrogens (primary N) is 1. The van der Waals surface area contributed by atoms with E-state index < -0.39 is 6.30 Å². The van der Waals surface area contributed by atoms with Crippen molar-refractivity contribution in [3.63, 3.8) is 0 Å². The molecule has 2 heterocycles. The van der Waals surface area contributed by atoms with Gasteiger partial charge >= 0.3 is 0 Å². The normalized spacial score (nSPS) is 16.3. The van der Waals surface area contributed by atoms with Crippen molar-refractivity contribution >= 4 is 34.6 Å². The topological polar surface area (TPSA) is 99.4 Å². The highest BCUT2D eigenvalue weighted by Gasteiger charge is 2.23. The predicted octanol–water partition coefficient (Wildman–Crippen LogP) is 3.64. The monoisotopic (exact) mass is 447 g/mol. The van der Waals surface area contributed by atoms with Crippen molar-refractivity contribution in [2.45, 2.75) is 6.30 Å². The summed E-state index contributed by atoms with van der Waals surface area (Å²) in [6.07, 6.45) is 1.78. The van der Waals surface area contributed by atoms with Crippen LogP contribution in [0.25, 0.3) is 11.3 Å². The smallest absolute Gasteiger partial charge is 0.247 e. The maximum Gasteiger partial charge on any atom is 0.247 e. The fourth-order valence-corrected chi connectivity index (χ4v) is 3.57. The molecule has 1 atom stereocenters. The van der Waals surface area contributed by atoms with Crippen LogP contribution in [0.5, 0.6) is 0 Å². The number of halogens is 1. The highest BCUT2D eigenvalue weighted by molar-refractivity contribution is 5.99. The molecular weight excluding hydrogens is 421 g/mol. The second-order valence-corrected chi connectivity index (χ2v) is 7.80. The molecule has 1 aliphatic rings. The van der Waals surface area contributed by atoms with Gasteiger partial charge in [-0.15, -0.1) is 0 Å². The molecule has 0 saturated carbocycles. The lowest BCUT2D eigenvalue weighted by molar-refractivity contribution is -0.111. The van der Waals surface area contributed by atoms with Gasteiger partial charge in [-0.1, -0.05) is 18.7 Å². The Hall–Kier alpha value is -3.98. The zero-order chi connectivity index (χ0) is 23.4. The van der Waals surface area contributed by atoms with Crippen LogP contribution in [0.1, 0.15) is 0 Å². The van der Waals surface area contributed by atoms with Crippen LogP contribution in [0.15, 0.2) is 67.4 Å². The Bertz CT molecular complexity index is 1150. The molecule has 0 aliphatic carbocycles. The Morgan fingerprint density at radius 1 is 1.21 bits per heavy atom. The summed E-state index contributed by atoms with van der Waals surface area (Å²) in [5.74, 6) is 0.0862. The number of nitrogens with zero attached hydrogens (tertiary/aromatic N) is 4. The summed E-state index contributed by atoms with van der Waals surface area (Å²) in [5.41, 5.74) is 10.2. The summed E-state index contributed by atoms with van der Waals surface area (Å²) in [6, 6.07) is 14.9. The molecule has 170 valence electrons. The van der Waals surface area contributed by atoms with Crippen LogP contribution < -0.4 is 21.3 Å². The lowest BCUT2D eigenvalue weighted by Crippen LogP contribution is -2.49. The van der Waals surface area contributed by atoms with E-state index in [9.17, 15) is 9.18 Å². The summed E-state index contributed by atoms with van der Waals surface area (Å²) >= 11 is 0. The molecule has 8 nitrogen and oxygen atoms in total. The Morgan fingerprint density at radius 2 is 2.00 bits per heavy atom. The molecule has 1 unspecified atom stereocenters. The number of alkyl halides is 1. The van der Waals surface area contributed by atoms with Gasteiger partial charge in [0.1, 0.15) is 0 Å². The third-order valence-electron chi connectivity index (χ3n) is 5.47. The minimum absolute atomic E-state index is 0.299. The Kier molecular flexibility index (Phi) is 6.50. The zero-order valence-electron chi connectivity index (χ0n) is 18.3. The SMILES string of the molecule is C=CC(=O)Nc1cccc(-c2nc(Nc3ccc(N4CCN(C)C(F)C4)cc3)ncc2N)c1. The number of rotatable bonds is 6. The number of amides is 1. The molecule has 4 rings (SSSR count). The van der Waals surface area contributed by atoms with E-state index in [0.717, 1.165) is 23.5 Å². The maximum atomic E-state index is 14.0. The van der Waals surface area contributed by atoms with Gasteiger partial charge in [0, 0.05) is 35.7 Å². The molecule has 1 aliphatic heterocycles. The van der Waals surface area contributed by atoms with Crippen LogP contribution in [0.3, 0.4) is 0 Å². The number of hydrogen-bond acceptors (Lipinski definition) is 7. The molecule has 1 saturated heterocycles. The summed E-state index contributed by atoms with van der Waals surface area (Å²) in [5, 5.41) is 5.91. The van der Waals surface area contributed by atoms with Crippen LogP contribution in [-0.2, 0) is 4.79 Å². The fourth-order valence-electron chi connectivity index (χ4n) is 3.57. The molecule has 1 amide bonds. The quantitative estimate of drug-likeness (QED) is 0.392. The maximum absolute atomic E-state index is 14.0. The van der Waals surface area contributed by atoms with E-state index in [0.29, 0.717) is 36.1 Å². The summed E-state index contributed by atoms with van der Waals surface area (Å²) in [7, 11) is 1.80. The number of nitrogens with one attached hydrogen (secondary N) is 2. The highest BCUT2D eigenvalue weighted by Crippen LogP contribution is 2.28. The minimum atomic E-state index is -0.971. The first-order valence-electron chi connectivity index (χ1n) is 10.6. The second-order valence-electron chi connectivity index (χ2n) is 7.80. The number of anilines is 5. The second kappa shape index (κ2) is 9.66. The largest absolute Gasteiger partial charge is 0.396 e. The van der Waals surface area contributed by atoms with Gasteiger partial charge in [-0.3, -0.25) is 9.69 Å². The minimum Gasteiger partial charge on any atom is -0.396 e. The molecule has 3 aromatic rings. The van der Waals surface area contributed by atoms with Gasteiger partial charge in [-0.2, -0.15) is 0 Å². The van der Waals surface area contributed by atoms with Crippen molar-refractivity contribution in [3.05, 3.63) is 67.4 Å². The molecule has 1 fully saturated rings. The van der Waals surface area contributed by atoms with Crippen LogP contribution in [0.4, 0.5) is 33.1 Å². The van der Waals surface area contributed by atoms with Gasteiger partial charge in [-0.05, 0) is 49.5 Å². The van der Waals surface area contributed by atoms with Crippen molar-refractivity contribution in [3.8, 4) is 11.3 Å². The van der Waals surface area contributed by atoms with Crippen molar-refractivity contribution in [2.75, 3.05) is 47.9 Å². The van der Waals surface area contributed by atoms with Gasteiger partial charge in [-0.25, -0.2) is 14.4 Å². The van der Waals surface area contributed by atoms with Crippen LogP contribution in [0, 0.1) is 0 Å². The van der Waals surface area contributed by atoms with Gasteiger partial charge in [0.25, 0.3) is 0 Å². The van der Waals surface area contributed by atoms with Crippen molar-refractivity contribution < 1.29 is 9.18 Å². The number of piperazine rings is 1. The molecule has 0 bridgehead atoms. The van der Waals surface area contributed by atoms with E-state index >= 15 is 0 Å². The Balaban J connectivity index is 1.50. The number of nitrogen functional groups attached to an aromatic ring is 1. The number of aromatic nitrogens is 2. The lowest BCUT2D eigenvalue weighted by Gasteiger charge is -2.36. The molecule has 4 N–H and O–H groups in total. The highest BCUT2D eigenvalue weighted by atomic mass is 19.1. The number of carbonyl (C=O) groups excluding carboxylic acids is 1. The van der Waals surface area contributed by atoms with Crippen molar-refractivity contribution in [1.82, 2.24) is 14.9 Å². The summed E-state index contributed by atoms with van der Waals surface area (Å²) < 4.78 is 14.0. The van der Waals surface area contributed by atoms with Gasteiger partial charge in [0.2, 0.25) is 11.9 Å². The van der Waals surface area contributed by atoms with Crippen LogP contribution in [0.2, 0.25) is 0 Å². The molecule has 9 heteroatoms. The molecule has 0 spiro atoms. The lowest BCUT2D eigenvalue weighted by atomic mass is 10.1. The average molecular weight is 448 g/mol. The van der Waals surface area contributed by atoms with Crippen LogP contribution in [-0.4, -0.2) is 53.8 Å². The molecule has 0 radical (unpaired) electrons. The number of hydrogen-bond donors (Lipinski definition) is 3. The number of likely N-dealkylation sites (N-methyl/N-ethyl adjacent to an activating group) is 1. The van der Waals surface area contributed by atoms with E-state index in [1.54, 1.807) is 30.3 Å². The van der Waals surface area contributed by atoms with E-state index in [-0.39, 0.29) is 5.91 Å². The van der Waals surface area contributed by atoms with Gasteiger partial charge in [0.15, 0.2) is 6.30 Å². The molecular formula is C24H26FN7O.